The van der Waals surface area contributed by atoms with Gasteiger partial charge in [0.1, 0.15) is 29.2 Å². The maximum Gasteiger partial charge on any atom is 0.165 e. The van der Waals surface area contributed by atoms with Crippen LogP contribution in [0.4, 0.5) is 0 Å². The molecule has 8 fully saturated rings. The number of carbonyl (C=O) groups excluding carboxylic acids is 1. The Hall–Kier alpha value is -3.15. The van der Waals surface area contributed by atoms with E-state index in [1.54, 1.807) is 20.1 Å². The van der Waals surface area contributed by atoms with Crippen LogP contribution in [-0.4, -0.2) is 112 Å². The van der Waals surface area contributed by atoms with Crippen molar-refractivity contribution in [3.63, 3.8) is 0 Å². The largest absolute Gasteiger partial charge is 0.504 e. The van der Waals surface area contributed by atoms with Crippen molar-refractivity contribution in [2.75, 3.05) is 40.4 Å². The maximum atomic E-state index is 12.9. The summed E-state index contributed by atoms with van der Waals surface area (Å²) in [6.07, 6.45) is 17.4. The van der Waals surface area contributed by atoms with Crippen LogP contribution in [0.15, 0.2) is 36.4 Å². The van der Waals surface area contributed by atoms with Gasteiger partial charge in [-0.25, -0.2) is 0 Å². The van der Waals surface area contributed by atoms with Crippen LogP contribution in [0.5, 0.6) is 23.0 Å². The SMILES string of the molecule is CO[C@]12C=C[C@@]3(C[C@@H]1C(C)=O)[C@H]1Cc4ccc(O)c5c4[C@@]3(CCN1CC1CC1)[C@H]2O5.CO[C@]12CC[C@@]3(C[C@@H]1[C@](C)(O)C(C)(C)C)[C@H]1Cc4ccc(O)c5c4[C@@]3(CCN1CC1CC1)[C@H]2O5. The minimum absolute atomic E-state index is 0.0294. The number of likely N-dealkylation sites (tertiary alicyclic amines) is 2. The van der Waals surface area contributed by atoms with Crippen molar-refractivity contribution in [3.05, 3.63) is 58.7 Å². The molecule has 13 atom stereocenters. The van der Waals surface area contributed by atoms with Gasteiger partial charge in [0.15, 0.2) is 23.0 Å². The summed E-state index contributed by atoms with van der Waals surface area (Å²) in [5, 5.41) is 33.9. The quantitative estimate of drug-likeness (QED) is 0.232. The van der Waals surface area contributed by atoms with Crippen LogP contribution < -0.4 is 9.47 Å². The monoisotopic (exact) mass is 875 g/mol. The van der Waals surface area contributed by atoms with Crippen LogP contribution in [-0.2, 0) is 37.9 Å². The number of hydrogen-bond acceptors (Lipinski definition) is 10. The van der Waals surface area contributed by atoms with Crippen molar-refractivity contribution < 1.29 is 39.1 Å². The molecule has 6 saturated carbocycles. The van der Waals surface area contributed by atoms with E-state index in [4.69, 9.17) is 18.9 Å². The molecule has 344 valence electrons. The number of rotatable bonds is 8. The molecule has 8 bridgehead atoms. The number of aromatic hydroxyl groups is 2. The number of methoxy groups -OCH3 is 2. The summed E-state index contributed by atoms with van der Waals surface area (Å²) in [5.74, 6) is 3.46. The van der Waals surface area contributed by atoms with Crippen LogP contribution in [0.1, 0.15) is 121 Å². The van der Waals surface area contributed by atoms with E-state index in [-0.39, 0.29) is 68.4 Å². The van der Waals surface area contributed by atoms with E-state index in [0.29, 0.717) is 23.6 Å². The highest BCUT2D eigenvalue weighted by Gasteiger charge is 2.83. The molecular weight excluding hydrogens is 805 g/mol. The van der Waals surface area contributed by atoms with Gasteiger partial charge in [-0.3, -0.25) is 14.6 Å². The number of phenols is 2. The van der Waals surface area contributed by atoms with Gasteiger partial charge in [-0.05, 0) is 144 Å². The van der Waals surface area contributed by atoms with E-state index in [2.05, 4.69) is 54.9 Å². The Morgan fingerprint density at radius 1 is 0.750 bits per heavy atom. The van der Waals surface area contributed by atoms with E-state index < -0.39 is 16.8 Å². The third-order valence-electron chi connectivity index (χ3n) is 21.5. The normalized spacial score (nSPS) is 44.2. The Bertz CT molecular complexity index is 2400. The van der Waals surface area contributed by atoms with Crippen molar-refractivity contribution in [2.45, 2.75) is 164 Å². The topological polar surface area (TPSA) is 121 Å². The molecule has 10 heteroatoms. The Labute approximate surface area is 379 Å². The molecule has 2 aromatic carbocycles. The number of nitrogens with zero attached hydrogens (tertiary/aromatic N) is 2. The van der Waals surface area contributed by atoms with Crippen molar-refractivity contribution in [3.8, 4) is 23.0 Å². The summed E-state index contributed by atoms with van der Waals surface area (Å²) in [7, 11) is 3.54. The van der Waals surface area contributed by atoms with Gasteiger partial charge in [0.25, 0.3) is 0 Å². The summed E-state index contributed by atoms with van der Waals surface area (Å²) >= 11 is 0. The predicted octanol–water partition coefficient (Wildman–Crippen LogP) is 7.40. The molecule has 4 spiro atoms. The molecule has 64 heavy (non-hydrogen) atoms. The molecule has 0 aromatic heterocycles. The van der Waals surface area contributed by atoms with Crippen LogP contribution in [0.3, 0.4) is 0 Å². The maximum absolute atomic E-state index is 12.9. The fraction of sp³-hybridized carbons (Fsp3) is 0.722. The zero-order chi connectivity index (χ0) is 44.4. The number of carbonyl (C=O) groups is 1. The lowest BCUT2D eigenvalue weighted by atomic mass is 9.33. The smallest absolute Gasteiger partial charge is 0.165 e. The minimum atomic E-state index is -0.909. The molecule has 16 rings (SSSR count). The van der Waals surface area contributed by atoms with Gasteiger partial charge >= 0.3 is 0 Å². The molecule has 10 nitrogen and oxygen atoms in total. The second kappa shape index (κ2) is 12.7. The summed E-state index contributed by atoms with van der Waals surface area (Å²) in [5.41, 5.74) is 2.17. The van der Waals surface area contributed by atoms with E-state index in [0.717, 1.165) is 76.3 Å². The van der Waals surface area contributed by atoms with E-state index in [1.807, 2.05) is 20.1 Å². The second-order valence-corrected chi connectivity index (χ2v) is 24.4. The third kappa shape index (κ3) is 4.56. The molecule has 0 radical (unpaired) electrons. The van der Waals surface area contributed by atoms with Gasteiger partial charge in [0.2, 0.25) is 0 Å². The standard InChI is InChI=1S/C29H41NO4.C25H29NO4/c1-25(2,3)26(4,32)20-15-27-10-11-29(20,33-5)24-28(27)12-13-30(16-17-6-7-17)21(27)14-18-8-9-19(31)23(34-24)22(18)28;1-14(27)17-12-23-7-8-25(17,29-2)22-24(23)9-10-26(13-15-3-4-15)19(23)11-16-5-6-18(28)21(30-22)20(16)24/h8-9,17,20-21,24,31-32H,6-7,10-16H2,1-5H3;5-8,15,17,19,22,28H,3-4,9-13H2,1-2H3/t20-,21-,24-,26+,27-,28+,29-;17-,19-,22-,23-,24+,25-/m11/s1. The highest BCUT2D eigenvalue weighted by Crippen LogP contribution is 2.79. The number of benzene rings is 2. The number of hydrogen-bond donors (Lipinski definition) is 3. The minimum Gasteiger partial charge on any atom is -0.504 e. The zero-order valence-corrected chi connectivity index (χ0v) is 39.2. The molecule has 2 saturated heterocycles. The molecule has 10 aliphatic carbocycles. The Morgan fingerprint density at radius 2 is 1.33 bits per heavy atom. The van der Waals surface area contributed by atoms with Gasteiger partial charge in [-0.2, -0.15) is 0 Å². The zero-order valence-electron chi connectivity index (χ0n) is 39.2. The van der Waals surface area contributed by atoms with Gasteiger partial charge in [-0.1, -0.05) is 45.1 Å². The average molecular weight is 875 g/mol. The number of Topliss-reactive ketones (excluding diaryl/α,β-unsaturated/α-hetero) is 1. The number of fused-ring (bicyclic) bond motifs is 3. The number of phenolic OH excluding ortho intramolecular Hbond substituents is 2. The van der Waals surface area contributed by atoms with Crippen molar-refractivity contribution >= 4 is 5.78 Å². The average Bonchev–Trinajstić information content (AvgIpc) is 4.20. The van der Waals surface area contributed by atoms with Crippen LogP contribution in [0.2, 0.25) is 0 Å². The highest BCUT2D eigenvalue weighted by atomic mass is 16.6. The summed E-state index contributed by atoms with van der Waals surface area (Å²) in [4.78, 5) is 18.5. The fourth-order valence-corrected chi connectivity index (χ4v) is 17.8. The summed E-state index contributed by atoms with van der Waals surface area (Å²) in [6.45, 7) is 14.7. The first-order valence-corrected chi connectivity index (χ1v) is 25.0. The van der Waals surface area contributed by atoms with Crippen LogP contribution >= 0.6 is 0 Å². The first-order chi connectivity index (χ1) is 30.5. The lowest BCUT2D eigenvalue weighted by molar-refractivity contribution is -0.312. The van der Waals surface area contributed by atoms with Gasteiger partial charge in [-0.15, -0.1) is 0 Å². The molecule has 3 N–H and O–H groups in total. The fourth-order valence-electron chi connectivity index (χ4n) is 17.8. The third-order valence-corrected chi connectivity index (χ3v) is 21.5. The Morgan fingerprint density at radius 3 is 1.91 bits per heavy atom. The molecular formula is C54H70N2O8. The van der Waals surface area contributed by atoms with Gasteiger partial charge in [0.05, 0.1) is 16.9 Å². The summed E-state index contributed by atoms with van der Waals surface area (Å²) in [6, 6.07) is 8.73. The number of ether oxygens (including phenoxy) is 4. The number of ketones is 1. The van der Waals surface area contributed by atoms with Crippen molar-refractivity contribution in [2.24, 2.45) is 39.9 Å². The summed E-state index contributed by atoms with van der Waals surface area (Å²) < 4.78 is 26.3. The van der Waals surface area contributed by atoms with Crippen LogP contribution in [0.25, 0.3) is 0 Å². The second-order valence-electron chi connectivity index (χ2n) is 24.4. The predicted molar refractivity (Wildman–Crippen MR) is 241 cm³/mol. The molecule has 2 aromatic rings. The molecule has 4 heterocycles. The first-order valence-electron chi connectivity index (χ1n) is 25.0. The molecule has 0 unspecified atom stereocenters. The van der Waals surface area contributed by atoms with Crippen molar-refractivity contribution in [1.82, 2.24) is 9.80 Å². The van der Waals surface area contributed by atoms with E-state index in [9.17, 15) is 20.1 Å². The molecule has 0 amide bonds. The Balaban J connectivity index is 0.000000130. The van der Waals surface area contributed by atoms with Crippen molar-refractivity contribution in [1.29, 1.82) is 0 Å². The van der Waals surface area contributed by atoms with E-state index >= 15 is 0 Å². The molecule has 4 aliphatic heterocycles. The first kappa shape index (κ1) is 41.1. The lowest BCUT2D eigenvalue weighted by Gasteiger charge is -2.75. The van der Waals surface area contributed by atoms with E-state index in [1.165, 1.54) is 61.0 Å². The van der Waals surface area contributed by atoms with Crippen LogP contribution in [0, 0.1) is 39.9 Å². The van der Waals surface area contributed by atoms with Gasteiger partial charge < -0.3 is 34.3 Å². The molecule has 14 aliphatic rings. The highest BCUT2D eigenvalue weighted by molar-refractivity contribution is 5.82. The lowest BCUT2D eigenvalue weighted by Crippen LogP contribution is -2.83. The van der Waals surface area contributed by atoms with Gasteiger partial charge in [0, 0.05) is 72.7 Å². The Kier molecular flexibility index (Phi) is 8.14. The number of aliphatic hydroxyl groups is 1. The number of piperidine rings is 2.